The third-order valence-electron chi connectivity index (χ3n) is 5.61. The van der Waals surface area contributed by atoms with Gasteiger partial charge in [0.15, 0.2) is 0 Å². The Morgan fingerprint density at radius 2 is 1.78 bits per heavy atom. The molecular formula is C23H23F3N4O2. The summed E-state index contributed by atoms with van der Waals surface area (Å²) in [6.45, 7) is -0.118. The lowest BCUT2D eigenvalue weighted by Crippen LogP contribution is -2.46. The largest absolute Gasteiger partial charge is 0.416 e. The fraction of sp³-hybridized carbons (Fsp3) is 0.304. The predicted octanol–water partition coefficient (Wildman–Crippen LogP) is 4.60. The number of hydrogen-bond donors (Lipinski definition) is 4. The molecule has 9 heteroatoms. The van der Waals surface area contributed by atoms with Gasteiger partial charge in [0, 0.05) is 28.7 Å². The Labute approximate surface area is 182 Å². The number of hydrogen-bond acceptors (Lipinski definition) is 2. The number of fused-ring (bicyclic) bond motifs is 3. The fourth-order valence-corrected chi connectivity index (χ4v) is 3.99. The molecule has 3 amide bonds. The van der Waals surface area contributed by atoms with E-state index in [-0.39, 0.29) is 6.54 Å². The van der Waals surface area contributed by atoms with Crippen LogP contribution in [-0.2, 0) is 25.6 Å². The van der Waals surface area contributed by atoms with Gasteiger partial charge in [0.2, 0.25) is 0 Å². The normalized spacial score (nSPS) is 13.8. The molecule has 32 heavy (non-hydrogen) atoms. The average molecular weight is 444 g/mol. The first-order chi connectivity index (χ1) is 15.3. The molecule has 1 aromatic heterocycles. The maximum Gasteiger partial charge on any atom is 0.416 e. The van der Waals surface area contributed by atoms with Crippen molar-refractivity contribution in [2.75, 3.05) is 0 Å². The van der Waals surface area contributed by atoms with E-state index in [9.17, 15) is 22.8 Å². The van der Waals surface area contributed by atoms with Crippen molar-refractivity contribution in [3.8, 4) is 0 Å². The van der Waals surface area contributed by atoms with Crippen molar-refractivity contribution in [2.24, 2.45) is 0 Å². The van der Waals surface area contributed by atoms with E-state index < -0.39 is 23.7 Å². The molecule has 4 rings (SSSR count). The smallest absolute Gasteiger partial charge is 0.358 e. The van der Waals surface area contributed by atoms with Crippen LogP contribution < -0.4 is 16.2 Å². The zero-order chi connectivity index (χ0) is 22.7. The summed E-state index contributed by atoms with van der Waals surface area (Å²) in [5, 5.41) is 3.44. The van der Waals surface area contributed by atoms with E-state index in [0.29, 0.717) is 11.1 Å². The zero-order valence-corrected chi connectivity index (χ0v) is 17.2. The van der Waals surface area contributed by atoms with Gasteiger partial charge >= 0.3 is 12.2 Å². The molecule has 6 nitrogen and oxygen atoms in total. The summed E-state index contributed by atoms with van der Waals surface area (Å²) >= 11 is 0. The van der Waals surface area contributed by atoms with Crippen molar-refractivity contribution in [1.82, 2.24) is 21.2 Å². The summed E-state index contributed by atoms with van der Waals surface area (Å²) in [6.07, 6.45) is 0.960. The highest BCUT2D eigenvalue weighted by Gasteiger charge is 2.30. The molecule has 0 spiro atoms. The first-order valence-electron chi connectivity index (χ1n) is 10.4. The molecule has 0 aliphatic heterocycles. The Kier molecular flexibility index (Phi) is 6.07. The minimum atomic E-state index is -4.45. The topological polar surface area (TPSA) is 86.0 Å². The standard InChI is InChI=1S/C23H23F3N4O2/c24-23(25,26)16-6-4-5-14(11-16)13-27-22(32)30-29-21(31)15-9-10-20-18(12-15)17-7-2-1-3-8-19(17)28-20/h4-6,9-12,28H,1-3,7-8,13H2,(H,29,31)(H2,27,30,32). The highest BCUT2D eigenvalue weighted by Crippen LogP contribution is 2.30. The molecule has 4 N–H and O–H groups in total. The third-order valence-corrected chi connectivity index (χ3v) is 5.61. The Morgan fingerprint density at radius 3 is 2.59 bits per heavy atom. The number of nitrogens with one attached hydrogen (secondary N) is 4. The molecule has 0 unspecified atom stereocenters. The number of aryl methyl sites for hydroxylation is 2. The Bertz CT molecular complexity index is 1150. The lowest BCUT2D eigenvalue weighted by Gasteiger charge is -2.11. The maximum atomic E-state index is 12.8. The number of aromatic amines is 1. The number of rotatable bonds is 3. The zero-order valence-electron chi connectivity index (χ0n) is 17.2. The van der Waals surface area contributed by atoms with Gasteiger partial charge in [0.1, 0.15) is 0 Å². The van der Waals surface area contributed by atoms with Crippen molar-refractivity contribution < 1.29 is 22.8 Å². The number of H-pyrrole nitrogens is 1. The lowest BCUT2D eigenvalue weighted by molar-refractivity contribution is -0.137. The molecule has 0 fully saturated rings. The lowest BCUT2D eigenvalue weighted by atomic mass is 10.0. The summed E-state index contributed by atoms with van der Waals surface area (Å²) in [5.74, 6) is -0.482. The minimum absolute atomic E-state index is 0.118. The van der Waals surface area contributed by atoms with Crippen LogP contribution in [0, 0.1) is 0 Å². The number of amides is 3. The monoisotopic (exact) mass is 444 g/mol. The number of carbonyl (C=O) groups is 2. The summed E-state index contributed by atoms with van der Waals surface area (Å²) < 4.78 is 38.3. The number of alkyl halides is 3. The van der Waals surface area contributed by atoms with Crippen LogP contribution in [0.3, 0.4) is 0 Å². The summed E-state index contributed by atoms with van der Waals surface area (Å²) in [5.41, 5.74) is 7.93. The highest BCUT2D eigenvalue weighted by molar-refractivity contribution is 5.99. The van der Waals surface area contributed by atoms with E-state index >= 15 is 0 Å². The van der Waals surface area contributed by atoms with Gasteiger partial charge in [-0.05, 0) is 67.1 Å². The van der Waals surface area contributed by atoms with Crippen molar-refractivity contribution in [1.29, 1.82) is 0 Å². The van der Waals surface area contributed by atoms with Gasteiger partial charge in [0.05, 0.1) is 5.56 Å². The Balaban J connectivity index is 1.35. The van der Waals surface area contributed by atoms with E-state index in [1.54, 1.807) is 6.07 Å². The second-order valence-corrected chi connectivity index (χ2v) is 7.86. The summed E-state index contributed by atoms with van der Waals surface area (Å²) in [6, 6.07) is 9.29. The number of aromatic nitrogens is 1. The van der Waals surface area contributed by atoms with Gasteiger partial charge in [-0.15, -0.1) is 0 Å². The van der Waals surface area contributed by atoms with E-state index in [1.807, 2.05) is 12.1 Å². The molecule has 1 aliphatic carbocycles. The van der Waals surface area contributed by atoms with Crippen molar-refractivity contribution >= 4 is 22.8 Å². The highest BCUT2D eigenvalue weighted by atomic mass is 19.4. The van der Waals surface area contributed by atoms with E-state index in [1.165, 1.54) is 29.8 Å². The molecule has 0 saturated heterocycles. The fourth-order valence-electron chi connectivity index (χ4n) is 3.99. The third kappa shape index (κ3) is 4.87. The van der Waals surface area contributed by atoms with Crippen LogP contribution in [-0.4, -0.2) is 16.9 Å². The number of carbonyl (C=O) groups excluding carboxylic acids is 2. The molecule has 0 radical (unpaired) electrons. The molecule has 0 bridgehead atoms. The minimum Gasteiger partial charge on any atom is -0.358 e. The summed E-state index contributed by atoms with van der Waals surface area (Å²) in [7, 11) is 0. The van der Waals surface area contributed by atoms with Gasteiger partial charge < -0.3 is 10.3 Å². The molecule has 0 saturated carbocycles. The maximum absolute atomic E-state index is 12.8. The van der Waals surface area contributed by atoms with E-state index in [4.69, 9.17) is 0 Å². The van der Waals surface area contributed by atoms with Gasteiger partial charge in [-0.25, -0.2) is 10.2 Å². The van der Waals surface area contributed by atoms with Gasteiger partial charge in [-0.2, -0.15) is 13.2 Å². The van der Waals surface area contributed by atoms with E-state index in [0.717, 1.165) is 48.7 Å². The van der Waals surface area contributed by atoms with Gasteiger partial charge in [-0.1, -0.05) is 18.6 Å². The molecule has 168 valence electrons. The first-order valence-corrected chi connectivity index (χ1v) is 10.4. The van der Waals surface area contributed by atoms with Crippen LogP contribution in [0.2, 0.25) is 0 Å². The van der Waals surface area contributed by atoms with Crippen LogP contribution >= 0.6 is 0 Å². The average Bonchev–Trinajstić information content (AvgIpc) is 2.95. The van der Waals surface area contributed by atoms with Crippen LogP contribution in [0.4, 0.5) is 18.0 Å². The molecular weight excluding hydrogens is 421 g/mol. The Morgan fingerprint density at radius 1 is 0.969 bits per heavy atom. The molecule has 1 heterocycles. The van der Waals surface area contributed by atoms with Gasteiger partial charge in [0.25, 0.3) is 5.91 Å². The quantitative estimate of drug-likeness (QED) is 0.352. The molecule has 2 aromatic carbocycles. The SMILES string of the molecule is O=C(NCc1cccc(C(F)(F)F)c1)NNC(=O)c1ccc2[nH]c3c(c2c1)CCCCC3. The second-order valence-electron chi connectivity index (χ2n) is 7.86. The summed E-state index contributed by atoms with van der Waals surface area (Å²) in [4.78, 5) is 27.9. The van der Waals surface area contributed by atoms with Crippen LogP contribution in [0.15, 0.2) is 42.5 Å². The van der Waals surface area contributed by atoms with Gasteiger partial charge in [-0.3, -0.25) is 10.2 Å². The van der Waals surface area contributed by atoms with Crippen LogP contribution in [0.5, 0.6) is 0 Å². The number of urea groups is 1. The number of hydrazine groups is 1. The second kappa shape index (κ2) is 8.94. The van der Waals surface area contributed by atoms with E-state index in [2.05, 4.69) is 21.2 Å². The van der Waals surface area contributed by atoms with Crippen LogP contribution in [0.1, 0.15) is 52.0 Å². The first kappa shape index (κ1) is 21.7. The molecule has 1 aliphatic rings. The van der Waals surface area contributed by atoms with Crippen molar-refractivity contribution in [3.63, 3.8) is 0 Å². The van der Waals surface area contributed by atoms with Crippen LogP contribution in [0.25, 0.3) is 10.9 Å². The predicted molar refractivity (Wildman–Crippen MR) is 114 cm³/mol. The van der Waals surface area contributed by atoms with Crippen molar-refractivity contribution in [2.45, 2.75) is 44.8 Å². The number of halogens is 3. The molecule has 3 aromatic rings. The van der Waals surface area contributed by atoms with Crippen molar-refractivity contribution in [3.05, 3.63) is 70.4 Å². The number of benzene rings is 2. The Hall–Kier alpha value is -3.49. The molecule has 0 atom stereocenters.